The van der Waals surface area contributed by atoms with Crippen LogP contribution >= 0.6 is 0 Å². The molecular weight excluding hydrogens is 430 g/mol. The van der Waals surface area contributed by atoms with Crippen LogP contribution in [0.25, 0.3) is 0 Å². The van der Waals surface area contributed by atoms with Crippen LogP contribution in [0, 0.1) is 0 Å². The summed E-state index contributed by atoms with van der Waals surface area (Å²) in [4.78, 5) is 33.6. The van der Waals surface area contributed by atoms with E-state index in [0.29, 0.717) is 26.2 Å². The van der Waals surface area contributed by atoms with Crippen LogP contribution in [-0.4, -0.2) is 64.1 Å². The molecule has 1 heterocycles. The van der Waals surface area contributed by atoms with Crippen molar-refractivity contribution in [2.45, 2.75) is 65.8 Å². The summed E-state index contributed by atoms with van der Waals surface area (Å²) in [5.74, 6) is -0.558. The first-order valence-corrected chi connectivity index (χ1v) is 11.7. The van der Waals surface area contributed by atoms with Crippen molar-refractivity contribution in [3.8, 4) is 0 Å². The van der Waals surface area contributed by atoms with Crippen molar-refractivity contribution in [3.05, 3.63) is 66.0 Å². The third-order valence-electron chi connectivity index (χ3n) is 4.64. The molecule has 7 nitrogen and oxygen atoms in total. The van der Waals surface area contributed by atoms with E-state index in [4.69, 9.17) is 9.47 Å². The van der Waals surface area contributed by atoms with Gasteiger partial charge in [0, 0.05) is 32.4 Å². The second kappa shape index (κ2) is 12.6. The molecule has 0 atom stereocenters. The minimum atomic E-state index is -0.552. The molecule has 0 radical (unpaired) electrons. The smallest absolute Gasteiger partial charge is 0.320 e. The van der Waals surface area contributed by atoms with Crippen molar-refractivity contribution >= 4 is 11.9 Å². The number of hydrogen-bond donors (Lipinski definition) is 0. The molecule has 0 unspecified atom stereocenters. The zero-order valence-electron chi connectivity index (χ0n) is 21.4. The van der Waals surface area contributed by atoms with Gasteiger partial charge >= 0.3 is 11.9 Å². The summed E-state index contributed by atoms with van der Waals surface area (Å²) in [5.41, 5.74) is 0.878. The van der Waals surface area contributed by atoms with Gasteiger partial charge in [0.15, 0.2) is 0 Å². The average molecular weight is 470 g/mol. The van der Waals surface area contributed by atoms with Gasteiger partial charge in [0.2, 0.25) is 0 Å². The van der Waals surface area contributed by atoms with E-state index >= 15 is 0 Å². The monoisotopic (exact) mass is 469 g/mol. The molecule has 0 aliphatic carbocycles. The molecule has 0 aliphatic heterocycles. The molecule has 0 N–H and O–H groups in total. The number of hydrogen-bond acceptors (Lipinski definition) is 7. The Bertz CT molecular complexity index is 814. The van der Waals surface area contributed by atoms with Crippen molar-refractivity contribution < 1.29 is 19.1 Å². The molecule has 0 saturated heterocycles. The standard InChI is InChI=1S/C27H39N3O4/c1-26(2,3)33-24(31)20-29(18-22-12-8-7-9-13-22)16-17-30(19-23-14-10-11-15-28-23)21-25(32)34-27(4,5)6/h7-15H,16-21H2,1-6H3. The molecule has 0 bridgehead atoms. The maximum atomic E-state index is 12.6. The lowest BCUT2D eigenvalue weighted by Crippen LogP contribution is -2.41. The number of rotatable bonds is 11. The van der Waals surface area contributed by atoms with Crippen molar-refractivity contribution in [1.29, 1.82) is 0 Å². The Morgan fingerprint density at radius 1 is 0.735 bits per heavy atom. The molecule has 0 amide bonds. The summed E-state index contributed by atoms with van der Waals surface area (Å²) in [6.45, 7) is 13.7. The maximum Gasteiger partial charge on any atom is 0.320 e. The zero-order valence-corrected chi connectivity index (χ0v) is 21.4. The van der Waals surface area contributed by atoms with E-state index in [2.05, 4.69) is 4.98 Å². The fourth-order valence-electron chi connectivity index (χ4n) is 3.39. The number of ether oxygens (including phenoxy) is 2. The number of benzene rings is 1. The highest BCUT2D eigenvalue weighted by Gasteiger charge is 2.22. The highest BCUT2D eigenvalue weighted by atomic mass is 16.6. The Labute approximate surface area is 204 Å². The maximum absolute atomic E-state index is 12.6. The second-order valence-electron chi connectivity index (χ2n) is 10.4. The van der Waals surface area contributed by atoms with E-state index in [1.54, 1.807) is 6.20 Å². The molecule has 1 aromatic carbocycles. The topological polar surface area (TPSA) is 72.0 Å². The van der Waals surface area contributed by atoms with Crippen molar-refractivity contribution in [2.24, 2.45) is 0 Å². The third-order valence-corrected chi connectivity index (χ3v) is 4.64. The first-order valence-electron chi connectivity index (χ1n) is 11.7. The molecule has 0 aliphatic rings. The van der Waals surface area contributed by atoms with E-state index in [0.717, 1.165) is 11.3 Å². The molecular formula is C27H39N3O4. The highest BCUT2D eigenvalue weighted by Crippen LogP contribution is 2.12. The van der Waals surface area contributed by atoms with Gasteiger partial charge in [0.25, 0.3) is 0 Å². The lowest BCUT2D eigenvalue weighted by atomic mass is 10.2. The molecule has 2 rings (SSSR count). The van der Waals surface area contributed by atoms with Gasteiger partial charge in [0.1, 0.15) is 11.2 Å². The van der Waals surface area contributed by atoms with Gasteiger partial charge in [0.05, 0.1) is 18.8 Å². The molecule has 0 fully saturated rings. The molecule has 0 saturated carbocycles. The number of carbonyl (C=O) groups excluding carboxylic acids is 2. The summed E-state index contributed by atoms with van der Waals surface area (Å²) in [7, 11) is 0. The Hall–Kier alpha value is -2.77. The number of aromatic nitrogens is 1. The van der Waals surface area contributed by atoms with E-state index < -0.39 is 11.2 Å². The van der Waals surface area contributed by atoms with Crippen molar-refractivity contribution in [2.75, 3.05) is 26.2 Å². The van der Waals surface area contributed by atoms with Crippen LogP contribution in [0.1, 0.15) is 52.8 Å². The predicted molar refractivity (Wildman–Crippen MR) is 133 cm³/mol. The SMILES string of the molecule is CC(C)(C)OC(=O)CN(CCN(CC(=O)OC(C)(C)C)Cc1ccccn1)Cc1ccccc1. The van der Waals surface area contributed by atoms with Gasteiger partial charge in [-0.25, -0.2) is 0 Å². The summed E-state index contributed by atoms with van der Waals surface area (Å²) >= 11 is 0. The van der Waals surface area contributed by atoms with Crippen LogP contribution in [0.4, 0.5) is 0 Å². The minimum absolute atomic E-state index is 0.138. The predicted octanol–water partition coefficient (Wildman–Crippen LogP) is 4.07. The van der Waals surface area contributed by atoms with E-state index in [1.807, 2.05) is 99.9 Å². The zero-order chi connectivity index (χ0) is 25.2. The lowest BCUT2D eigenvalue weighted by molar-refractivity contribution is -0.158. The quantitative estimate of drug-likeness (QED) is 0.459. The summed E-state index contributed by atoms with van der Waals surface area (Å²) in [5, 5.41) is 0. The van der Waals surface area contributed by atoms with Gasteiger partial charge < -0.3 is 9.47 Å². The average Bonchev–Trinajstić information content (AvgIpc) is 2.70. The highest BCUT2D eigenvalue weighted by molar-refractivity contribution is 5.72. The van der Waals surface area contributed by atoms with Gasteiger partial charge in [-0.3, -0.25) is 24.4 Å². The molecule has 2 aromatic rings. The Balaban J connectivity index is 2.11. The van der Waals surface area contributed by atoms with E-state index in [9.17, 15) is 9.59 Å². The van der Waals surface area contributed by atoms with Crippen molar-refractivity contribution in [3.63, 3.8) is 0 Å². The normalized spacial score (nSPS) is 12.1. The lowest BCUT2D eigenvalue weighted by Gasteiger charge is -2.29. The summed E-state index contributed by atoms with van der Waals surface area (Å²) in [6, 6.07) is 15.7. The van der Waals surface area contributed by atoms with Crippen LogP contribution in [0.2, 0.25) is 0 Å². The largest absolute Gasteiger partial charge is 0.459 e. The first kappa shape index (κ1) is 27.5. The van der Waals surface area contributed by atoms with Crippen LogP contribution in [-0.2, 0) is 32.2 Å². The number of nitrogens with zero attached hydrogens (tertiary/aromatic N) is 3. The number of esters is 2. The van der Waals surface area contributed by atoms with Crippen LogP contribution < -0.4 is 0 Å². The third kappa shape index (κ3) is 11.9. The Kier molecular flexibility index (Phi) is 10.2. The minimum Gasteiger partial charge on any atom is -0.459 e. The first-order chi connectivity index (χ1) is 15.9. The van der Waals surface area contributed by atoms with Gasteiger partial charge in [-0.1, -0.05) is 36.4 Å². The number of carbonyl (C=O) groups is 2. The fraction of sp³-hybridized carbons (Fsp3) is 0.519. The summed E-state index contributed by atoms with van der Waals surface area (Å²) < 4.78 is 11.1. The molecule has 7 heteroatoms. The van der Waals surface area contributed by atoms with Crippen LogP contribution in [0.5, 0.6) is 0 Å². The number of pyridine rings is 1. The fourth-order valence-corrected chi connectivity index (χ4v) is 3.39. The second-order valence-corrected chi connectivity index (χ2v) is 10.4. The van der Waals surface area contributed by atoms with Gasteiger partial charge in [-0.2, -0.15) is 0 Å². The van der Waals surface area contributed by atoms with Crippen LogP contribution in [0.15, 0.2) is 54.7 Å². The van der Waals surface area contributed by atoms with E-state index in [-0.39, 0.29) is 25.0 Å². The summed E-state index contributed by atoms with van der Waals surface area (Å²) in [6.07, 6.45) is 1.74. The van der Waals surface area contributed by atoms with Crippen molar-refractivity contribution in [1.82, 2.24) is 14.8 Å². The van der Waals surface area contributed by atoms with Gasteiger partial charge in [-0.05, 0) is 59.2 Å². The molecule has 186 valence electrons. The molecule has 1 aromatic heterocycles. The molecule has 34 heavy (non-hydrogen) atoms. The Morgan fingerprint density at radius 3 is 1.71 bits per heavy atom. The van der Waals surface area contributed by atoms with E-state index in [1.165, 1.54) is 0 Å². The Morgan fingerprint density at radius 2 is 1.24 bits per heavy atom. The van der Waals surface area contributed by atoms with Gasteiger partial charge in [-0.15, -0.1) is 0 Å². The van der Waals surface area contributed by atoms with Crippen LogP contribution in [0.3, 0.4) is 0 Å². The molecule has 0 spiro atoms.